The minimum Gasteiger partial charge on any atom is -0.335 e. The number of aromatic nitrogens is 2. The van der Waals surface area contributed by atoms with Crippen molar-refractivity contribution in [1.82, 2.24) is 14.7 Å². The highest BCUT2D eigenvalue weighted by atomic mass is 35.5. The van der Waals surface area contributed by atoms with Crippen LogP contribution in [0.25, 0.3) is 0 Å². The van der Waals surface area contributed by atoms with Crippen molar-refractivity contribution >= 4 is 28.8 Å². The van der Waals surface area contributed by atoms with Crippen molar-refractivity contribution in [1.29, 1.82) is 0 Å². The van der Waals surface area contributed by atoms with Crippen LogP contribution in [0.4, 0.5) is 0 Å². The Hall–Kier alpha value is -1.33. The van der Waals surface area contributed by atoms with Crippen LogP contribution in [0, 0.1) is 6.92 Å². The standard InChI is InChI=1S/C16H20ClN3OS/c1-11-15(16(17)19(2)18-11)13-4-3-8-20(13)14(21)6-5-12-7-9-22-10-12/h7,9-10,13H,3-6,8H2,1-2H3/t13-/m0/s1. The molecule has 1 amide bonds. The highest BCUT2D eigenvalue weighted by Gasteiger charge is 2.33. The van der Waals surface area contributed by atoms with E-state index in [0.29, 0.717) is 11.6 Å². The van der Waals surface area contributed by atoms with Crippen molar-refractivity contribution in [2.45, 2.75) is 38.6 Å². The summed E-state index contributed by atoms with van der Waals surface area (Å²) in [5.41, 5.74) is 3.19. The smallest absolute Gasteiger partial charge is 0.223 e. The molecule has 2 aromatic rings. The van der Waals surface area contributed by atoms with Gasteiger partial charge in [-0.2, -0.15) is 16.4 Å². The summed E-state index contributed by atoms with van der Waals surface area (Å²) in [6.45, 7) is 2.78. The van der Waals surface area contributed by atoms with E-state index in [9.17, 15) is 4.79 Å². The van der Waals surface area contributed by atoms with E-state index in [1.807, 2.05) is 18.9 Å². The highest BCUT2D eigenvalue weighted by Crippen LogP contribution is 2.37. The molecular formula is C16H20ClN3OS. The number of hydrogen-bond donors (Lipinski definition) is 0. The van der Waals surface area contributed by atoms with E-state index in [4.69, 9.17) is 11.6 Å². The van der Waals surface area contributed by atoms with Crippen LogP contribution >= 0.6 is 22.9 Å². The Morgan fingerprint density at radius 1 is 1.55 bits per heavy atom. The number of thiophene rings is 1. The molecule has 6 heteroatoms. The van der Waals surface area contributed by atoms with Gasteiger partial charge in [-0.1, -0.05) is 11.6 Å². The van der Waals surface area contributed by atoms with Gasteiger partial charge in [-0.25, -0.2) is 0 Å². The van der Waals surface area contributed by atoms with Crippen LogP contribution in [0.3, 0.4) is 0 Å². The first-order valence-electron chi connectivity index (χ1n) is 7.57. The molecule has 118 valence electrons. The maximum absolute atomic E-state index is 12.6. The first kappa shape index (κ1) is 15.6. The third-order valence-electron chi connectivity index (χ3n) is 4.31. The van der Waals surface area contributed by atoms with Crippen LogP contribution in [0.5, 0.6) is 0 Å². The van der Waals surface area contributed by atoms with E-state index in [1.54, 1.807) is 16.0 Å². The van der Waals surface area contributed by atoms with Gasteiger partial charge in [-0.3, -0.25) is 9.48 Å². The zero-order valence-electron chi connectivity index (χ0n) is 12.9. The molecule has 0 saturated carbocycles. The van der Waals surface area contributed by atoms with Crippen molar-refractivity contribution in [3.05, 3.63) is 38.8 Å². The van der Waals surface area contributed by atoms with Gasteiger partial charge >= 0.3 is 0 Å². The van der Waals surface area contributed by atoms with Gasteiger partial charge in [0, 0.05) is 25.6 Å². The molecule has 0 bridgehead atoms. The fourth-order valence-electron chi connectivity index (χ4n) is 3.22. The van der Waals surface area contributed by atoms with Crippen LogP contribution in [0.1, 0.15) is 42.1 Å². The van der Waals surface area contributed by atoms with Crippen LogP contribution in [0.2, 0.25) is 5.15 Å². The number of carbonyl (C=O) groups excluding carboxylic acids is 1. The minimum atomic E-state index is 0.0798. The summed E-state index contributed by atoms with van der Waals surface area (Å²) in [4.78, 5) is 14.6. The van der Waals surface area contributed by atoms with Gasteiger partial charge in [0.15, 0.2) is 0 Å². The Morgan fingerprint density at radius 3 is 3.00 bits per heavy atom. The second-order valence-electron chi connectivity index (χ2n) is 5.79. The summed E-state index contributed by atoms with van der Waals surface area (Å²) >= 11 is 8.06. The monoisotopic (exact) mass is 337 g/mol. The Morgan fingerprint density at radius 2 is 2.36 bits per heavy atom. The number of likely N-dealkylation sites (tertiary alicyclic amines) is 1. The zero-order valence-corrected chi connectivity index (χ0v) is 14.5. The van der Waals surface area contributed by atoms with Gasteiger partial charge < -0.3 is 4.90 Å². The lowest BCUT2D eigenvalue weighted by Crippen LogP contribution is -2.31. The second kappa shape index (κ2) is 6.42. The zero-order chi connectivity index (χ0) is 15.7. The Kier molecular flexibility index (Phi) is 4.54. The normalized spacial score (nSPS) is 18.1. The van der Waals surface area contributed by atoms with E-state index in [2.05, 4.69) is 21.9 Å². The van der Waals surface area contributed by atoms with Crippen molar-refractivity contribution < 1.29 is 4.79 Å². The number of amides is 1. The maximum Gasteiger partial charge on any atom is 0.223 e. The van der Waals surface area contributed by atoms with Gasteiger partial charge in [0.2, 0.25) is 5.91 Å². The lowest BCUT2D eigenvalue weighted by molar-refractivity contribution is -0.132. The SMILES string of the molecule is Cc1nn(C)c(Cl)c1[C@@H]1CCCN1C(=O)CCc1ccsc1. The van der Waals surface area contributed by atoms with Gasteiger partial charge in [0.1, 0.15) is 5.15 Å². The molecule has 1 saturated heterocycles. The lowest BCUT2D eigenvalue weighted by atomic mass is 10.1. The van der Waals surface area contributed by atoms with E-state index in [1.165, 1.54) is 5.56 Å². The molecule has 3 heterocycles. The molecule has 4 nitrogen and oxygen atoms in total. The summed E-state index contributed by atoms with van der Waals surface area (Å²) in [5.74, 6) is 0.216. The molecule has 0 radical (unpaired) electrons. The summed E-state index contributed by atoms with van der Waals surface area (Å²) in [6.07, 6.45) is 3.37. The first-order valence-corrected chi connectivity index (χ1v) is 8.89. The molecule has 0 N–H and O–H groups in total. The topological polar surface area (TPSA) is 38.1 Å². The summed E-state index contributed by atoms with van der Waals surface area (Å²) < 4.78 is 1.69. The molecule has 0 spiro atoms. The Balaban J connectivity index is 1.73. The van der Waals surface area contributed by atoms with Crippen LogP contribution < -0.4 is 0 Å². The Bertz CT molecular complexity index is 665. The predicted molar refractivity (Wildman–Crippen MR) is 89.3 cm³/mol. The summed E-state index contributed by atoms with van der Waals surface area (Å²) in [5, 5.41) is 9.20. The van der Waals surface area contributed by atoms with Gasteiger partial charge in [0.05, 0.1) is 11.7 Å². The third kappa shape index (κ3) is 2.92. The minimum absolute atomic E-state index is 0.0798. The lowest BCUT2D eigenvalue weighted by Gasteiger charge is -2.25. The Labute approximate surface area is 139 Å². The molecule has 1 atom stereocenters. The van der Waals surface area contributed by atoms with Crippen molar-refractivity contribution in [2.75, 3.05) is 6.54 Å². The number of nitrogens with zero attached hydrogens (tertiary/aromatic N) is 3. The summed E-state index contributed by atoms with van der Waals surface area (Å²) in [6, 6.07) is 2.16. The molecule has 0 aromatic carbocycles. The van der Waals surface area contributed by atoms with Crippen LogP contribution in [-0.2, 0) is 18.3 Å². The molecular weight excluding hydrogens is 318 g/mol. The fraction of sp³-hybridized carbons (Fsp3) is 0.500. The van der Waals surface area contributed by atoms with Crippen LogP contribution in [-0.4, -0.2) is 27.1 Å². The number of hydrogen-bond acceptors (Lipinski definition) is 3. The first-order chi connectivity index (χ1) is 10.6. The molecule has 1 fully saturated rings. The van der Waals surface area contributed by atoms with Crippen molar-refractivity contribution in [2.24, 2.45) is 7.05 Å². The number of carbonyl (C=O) groups is 1. The molecule has 22 heavy (non-hydrogen) atoms. The second-order valence-corrected chi connectivity index (χ2v) is 6.93. The van der Waals surface area contributed by atoms with Crippen molar-refractivity contribution in [3.8, 4) is 0 Å². The van der Waals surface area contributed by atoms with Gasteiger partial charge in [-0.05, 0) is 48.6 Å². The van der Waals surface area contributed by atoms with Crippen molar-refractivity contribution in [3.63, 3.8) is 0 Å². The third-order valence-corrected chi connectivity index (χ3v) is 5.49. The number of rotatable bonds is 4. The average Bonchev–Trinajstić information content (AvgIpc) is 3.19. The quantitative estimate of drug-likeness (QED) is 0.852. The van der Waals surface area contributed by atoms with Gasteiger partial charge in [0.25, 0.3) is 0 Å². The molecule has 1 aliphatic heterocycles. The largest absolute Gasteiger partial charge is 0.335 e. The highest BCUT2D eigenvalue weighted by molar-refractivity contribution is 7.07. The maximum atomic E-state index is 12.6. The van der Waals surface area contributed by atoms with Gasteiger partial charge in [-0.15, -0.1) is 0 Å². The van der Waals surface area contributed by atoms with E-state index in [0.717, 1.165) is 37.1 Å². The van der Waals surface area contributed by atoms with E-state index in [-0.39, 0.29) is 11.9 Å². The summed E-state index contributed by atoms with van der Waals surface area (Å²) in [7, 11) is 1.84. The fourth-order valence-corrected chi connectivity index (χ4v) is 4.22. The molecule has 3 rings (SSSR count). The number of aryl methyl sites for hydroxylation is 3. The average molecular weight is 338 g/mol. The van der Waals surface area contributed by atoms with Crippen LogP contribution in [0.15, 0.2) is 16.8 Å². The molecule has 0 unspecified atom stereocenters. The molecule has 2 aromatic heterocycles. The predicted octanol–water partition coefficient (Wildman–Crippen LogP) is 3.74. The number of halogens is 1. The molecule has 0 aliphatic carbocycles. The molecule has 1 aliphatic rings. The van der Waals surface area contributed by atoms with E-state index < -0.39 is 0 Å². The van der Waals surface area contributed by atoms with E-state index >= 15 is 0 Å².